The molecule has 0 atom stereocenters. The zero-order chi connectivity index (χ0) is 18.6. The van der Waals surface area contributed by atoms with Crippen molar-refractivity contribution in [2.24, 2.45) is 0 Å². The van der Waals surface area contributed by atoms with Crippen LogP contribution in [-0.2, 0) is 17.8 Å². The van der Waals surface area contributed by atoms with Crippen LogP contribution in [0.2, 0.25) is 0 Å². The maximum atomic E-state index is 13.1. The van der Waals surface area contributed by atoms with Gasteiger partial charge in [-0.2, -0.15) is 0 Å². The second-order valence-electron chi connectivity index (χ2n) is 6.43. The molecule has 4 rings (SSSR count). The van der Waals surface area contributed by atoms with Crippen LogP contribution < -0.4 is 4.90 Å². The summed E-state index contributed by atoms with van der Waals surface area (Å²) < 4.78 is 1.09. The van der Waals surface area contributed by atoms with Crippen LogP contribution in [0.3, 0.4) is 0 Å². The van der Waals surface area contributed by atoms with Crippen molar-refractivity contribution in [2.45, 2.75) is 19.9 Å². The summed E-state index contributed by atoms with van der Waals surface area (Å²) in [6.07, 6.45) is 2.08. The first kappa shape index (κ1) is 17.4. The molecule has 0 radical (unpaired) electrons. The maximum absolute atomic E-state index is 13.1. The predicted molar refractivity (Wildman–Crippen MR) is 110 cm³/mol. The second-order valence-corrected chi connectivity index (χ2v) is 7.44. The number of fused-ring (bicyclic) bond motifs is 1. The van der Waals surface area contributed by atoms with Gasteiger partial charge in [-0.15, -0.1) is 0 Å². The van der Waals surface area contributed by atoms with E-state index >= 15 is 0 Å². The quantitative estimate of drug-likeness (QED) is 0.506. The average molecular weight is 373 g/mol. The molecular formula is C22H19N3OS. The summed E-state index contributed by atoms with van der Waals surface area (Å²) in [7, 11) is 0. The topological polar surface area (TPSA) is 46.1 Å². The van der Waals surface area contributed by atoms with Gasteiger partial charge in [-0.1, -0.05) is 53.8 Å². The number of benzene rings is 2. The van der Waals surface area contributed by atoms with Crippen LogP contribution in [0.4, 0.5) is 5.13 Å². The van der Waals surface area contributed by atoms with Gasteiger partial charge in [-0.25, -0.2) is 4.98 Å². The number of aromatic nitrogens is 2. The van der Waals surface area contributed by atoms with Crippen molar-refractivity contribution in [1.82, 2.24) is 9.97 Å². The summed E-state index contributed by atoms with van der Waals surface area (Å²) in [5.41, 5.74) is 3.93. The number of pyridine rings is 1. The van der Waals surface area contributed by atoms with E-state index in [9.17, 15) is 4.79 Å². The van der Waals surface area contributed by atoms with Crippen molar-refractivity contribution in [3.8, 4) is 0 Å². The lowest BCUT2D eigenvalue weighted by Gasteiger charge is -2.19. The minimum Gasteiger partial charge on any atom is -0.282 e. The van der Waals surface area contributed by atoms with E-state index in [-0.39, 0.29) is 5.91 Å². The number of thiazole rings is 1. The van der Waals surface area contributed by atoms with E-state index in [1.165, 1.54) is 5.56 Å². The lowest BCUT2D eigenvalue weighted by molar-refractivity contribution is -0.118. The molecule has 27 heavy (non-hydrogen) atoms. The van der Waals surface area contributed by atoms with Crippen LogP contribution >= 0.6 is 11.3 Å². The number of amides is 1. The molecule has 0 bridgehead atoms. The Morgan fingerprint density at radius 2 is 1.85 bits per heavy atom. The molecule has 0 aliphatic rings. The van der Waals surface area contributed by atoms with Crippen molar-refractivity contribution >= 4 is 32.6 Å². The number of rotatable bonds is 5. The molecule has 0 fully saturated rings. The van der Waals surface area contributed by atoms with Crippen LogP contribution in [0.5, 0.6) is 0 Å². The summed E-state index contributed by atoms with van der Waals surface area (Å²) >= 11 is 1.54. The Morgan fingerprint density at radius 1 is 1.04 bits per heavy atom. The standard InChI is InChI=1S/C22H19N3OS/c1-16-10-11-19-20(13-16)27-22(24-19)25(15-18-9-5-6-12-23-18)21(26)14-17-7-3-2-4-8-17/h2-13H,14-15H2,1H3. The van der Waals surface area contributed by atoms with E-state index in [4.69, 9.17) is 4.98 Å². The summed E-state index contributed by atoms with van der Waals surface area (Å²) in [5.74, 6) is 0.0163. The molecule has 0 unspecified atom stereocenters. The Morgan fingerprint density at radius 3 is 2.63 bits per heavy atom. The van der Waals surface area contributed by atoms with E-state index in [0.29, 0.717) is 18.1 Å². The first-order valence-electron chi connectivity index (χ1n) is 8.80. The lowest BCUT2D eigenvalue weighted by Crippen LogP contribution is -2.32. The monoisotopic (exact) mass is 373 g/mol. The van der Waals surface area contributed by atoms with Gasteiger partial charge < -0.3 is 0 Å². The van der Waals surface area contributed by atoms with Crippen LogP contribution in [0.15, 0.2) is 72.9 Å². The molecule has 2 aromatic carbocycles. The van der Waals surface area contributed by atoms with Crippen molar-refractivity contribution in [1.29, 1.82) is 0 Å². The first-order valence-corrected chi connectivity index (χ1v) is 9.62. The molecule has 1 amide bonds. The van der Waals surface area contributed by atoms with Crippen molar-refractivity contribution in [3.05, 3.63) is 89.7 Å². The number of hydrogen-bond donors (Lipinski definition) is 0. The second kappa shape index (κ2) is 7.68. The molecule has 0 aliphatic carbocycles. The normalized spacial score (nSPS) is 10.9. The van der Waals surface area contributed by atoms with Crippen LogP contribution in [0.1, 0.15) is 16.8 Å². The third-order valence-electron chi connectivity index (χ3n) is 4.31. The van der Waals surface area contributed by atoms with Gasteiger partial charge >= 0.3 is 0 Å². The molecular weight excluding hydrogens is 354 g/mol. The van der Waals surface area contributed by atoms with Crippen LogP contribution in [0.25, 0.3) is 10.2 Å². The number of carbonyl (C=O) groups is 1. The lowest BCUT2D eigenvalue weighted by atomic mass is 10.1. The molecule has 134 valence electrons. The molecule has 4 nitrogen and oxygen atoms in total. The van der Waals surface area contributed by atoms with Gasteiger partial charge in [0, 0.05) is 6.20 Å². The Bertz CT molecular complexity index is 1060. The van der Waals surface area contributed by atoms with Gasteiger partial charge in [0.05, 0.1) is 28.9 Å². The molecule has 2 aromatic heterocycles. The molecule has 2 heterocycles. The Labute approximate surface area is 162 Å². The van der Waals surface area contributed by atoms with E-state index < -0.39 is 0 Å². The molecule has 0 saturated heterocycles. The highest BCUT2D eigenvalue weighted by atomic mass is 32.1. The van der Waals surface area contributed by atoms with E-state index in [0.717, 1.165) is 21.5 Å². The maximum Gasteiger partial charge on any atom is 0.233 e. The summed E-state index contributed by atoms with van der Waals surface area (Å²) in [4.78, 5) is 24.0. The number of anilines is 1. The van der Waals surface area contributed by atoms with Gasteiger partial charge in [-0.3, -0.25) is 14.7 Å². The Balaban J connectivity index is 1.68. The minimum absolute atomic E-state index is 0.0163. The molecule has 4 aromatic rings. The third kappa shape index (κ3) is 4.04. The first-order chi connectivity index (χ1) is 13.2. The minimum atomic E-state index is 0.0163. The van der Waals surface area contributed by atoms with Crippen molar-refractivity contribution in [3.63, 3.8) is 0 Å². The average Bonchev–Trinajstić information content (AvgIpc) is 3.10. The number of carbonyl (C=O) groups excluding carboxylic acids is 1. The zero-order valence-electron chi connectivity index (χ0n) is 15.0. The summed E-state index contributed by atoms with van der Waals surface area (Å²) in [6, 6.07) is 21.7. The van der Waals surface area contributed by atoms with Gasteiger partial charge in [0.2, 0.25) is 5.91 Å². The van der Waals surface area contributed by atoms with E-state index in [2.05, 4.69) is 18.0 Å². The Kier molecular flexibility index (Phi) is 4.94. The van der Waals surface area contributed by atoms with Crippen molar-refractivity contribution in [2.75, 3.05) is 4.90 Å². The fourth-order valence-electron chi connectivity index (χ4n) is 2.92. The zero-order valence-corrected chi connectivity index (χ0v) is 15.8. The molecule has 0 aliphatic heterocycles. The highest BCUT2D eigenvalue weighted by Gasteiger charge is 2.21. The molecule has 5 heteroatoms. The van der Waals surface area contributed by atoms with E-state index in [1.807, 2.05) is 60.7 Å². The van der Waals surface area contributed by atoms with E-state index in [1.54, 1.807) is 22.4 Å². The molecule has 0 spiro atoms. The number of hydrogen-bond acceptors (Lipinski definition) is 4. The van der Waals surface area contributed by atoms with Gasteiger partial charge in [0.25, 0.3) is 0 Å². The number of nitrogens with zero attached hydrogens (tertiary/aromatic N) is 3. The molecule has 0 N–H and O–H groups in total. The van der Waals surface area contributed by atoms with Crippen molar-refractivity contribution < 1.29 is 4.79 Å². The highest BCUT2D eigenvalue weighted by Crippen LogP contribution is 2.30. The SMILES string of the molecule is Cc1ccc2nc(N(Cc3ccccn3)C(=O)Cc3ccccc3)sc2c1. The smallest absolute Gasteiger partial charge is 0.233 e. The highest BCUT2D eigenvalue weighted by molar-refractivity contribution is 7.22. The Hall–Kier alpha value is -3.05. The summed E-state index contributed by atoms with van der Waals surface area (Å²) in [5, 5.41) is 0.710. The summed E-state index contributed by atoms with van der Waals surface area (Å²) in [6.45, 7) is 2.47. The van der Waals surface area contributed by atoms with Gasteiger partial charge in [0.1, 0.15) is 0 Å². The third-order valence-corrected chi connectivity index (χ3v) is 5.35. The largest absolute Gasteiger partial charge is 0.282 e. The van der Waals surface area contributed by atoms with Gasteiger partial charge in [0.15, 0.2) is 5.13 Å². The van der Waals surface area contributed by atoms with Gasteiger partial charge in [-0.05, 0) is 42.3 Å². The van der Waals surface area contributed by atoms with Crippen LogP contribution in [-0.4, -0.2) is 15.9 Å². The predicted octanol–water partition coefficient (Wildman–Crippen LogP) is 4.78. The fourth-order valence-corrected chi connectivity index (χ4v) is 4.00. The fraction of sp³-hybridized carbons (Fsp3) is 0.136. The molecule has 0 saturated carbocycles. The van der Waals surface area contributed by atoms with Crippen LogP contribution in [0, 0.1) is 6.92 Å². The number of aryl methyl sites for hydroxylation is 1.